The quantitative estimate of drug-likeness (QED) is 0.938. The summed E-state index contributed by atoms with van der Waals surface area (Å²) in [4.78, 5) is 14.3. The second-order valence-electron chi connectivity index (χ2n) is 6.10. The zero-order valence-corrected chi connectivity index (χ0v) is 14.2. The molecular weight excluding hydrogens is 304 g/mol. The van der Waals surface area contributed by atoms with Crippen molar-refractivity contribution in [3.05, 3.63) is 48.2 Å². The number of aromatic nitrogens is 2. The van der Waals surface area contributed by atoms with Crippen molar-refractivity contribution in [2.75, 3.05) is 25.5 Å². The lowest BCUT2D eigenvalue weighted by atomic mass is 10.1. The predicted octanol–water partition coefficient (Wildman–Crippen LogP) is 3.14. The number of carbonyl (C=O) groups is 1. The highest BCUT2D eigenvalue weighted by Crippen LogP contribution is 2.22. The second-order valence-corrected chi connectivity index (χ2v) is 6.10. The molecule has 0 bridgehead atoms. The number of methoxy groups -OCH3 is 1. The van der Waals surface area contributed by atoms with Crippen LogP contribution in [0.5, 0.6) is 0 Å². The van der Waals surface area contributed by atoms with Gasteiger partial charge in [0.15, 0.2) is 0 Å². The number of hydrogen-bond acceptors (Lipinski definition) is 3. The fourth-order valence-corrected chi connectivity index (χ4v) is 3.08. The van der Waals surface area contributed by atoms with Gasteiger partial charge in [-0.1, -0.05) is 30.3 Å². The van der Waals surface area contributed by atoms with E-state index < -0.39 is 0 Å². The van der Waals surface area contributed by atoms with Crippen molar-refractivity contribution < 1.29 is 9.53 Å². The SMILES string of the molecule is COC1CCN(C(=O)Nc2ccnn2[C@H](C)c2ccccc2)CC1. The van der Waals surface area contributed by atoms with Gasteiger partial charge in [-0.3, -0.25) is 5.32 Å². The molecule has 24 heavy (non-hydrogen) atoms. The molecule has 1 aliphatic heterocycles. The number of rotatable bonds is 4. The van der Waals surface area contributed by atoms with Crippen LogP contribution in [0.2, 0.25) is 0 Å². The number of piperidine rings is 1. The number of urea groups is 1. The van der Waals surface area contributed by atoms with E-state index in [-0.39, 0.29) is 18.2 Å². The van der Waals surface area contributed by atoms with E-state index in [9.17, 15) is 4.79 Å². The number of ether oxygens (including phenoxy) is 1. The summed E-state index contributed by atoms with van der Waals surface area (Å²) >= 11 is 0. The minimum Gasteiger partial charge on any atom is -0.381 e. The van der Waals surface area contributed by atoms with Gasteiger partial charge in [-0.05, 0) is 25.3 Å². The van der Waals surface area contributed by atoms with Gasteiger partial charge in [-0.2, -0.15) is 5.10 Å². The Balaban J connectivity index is 1.66. The van der Waals surface area contributed by atoms with Gasteiger partial charge in [0.1, 0.15) is 5.82 Å². The molecule has 2 amide bonds. The van der Waals surface area contributed by atoms with Gasteiger partial charge in [0.2, 0.25) is 0 Å². The molecule has 1 aromatic heterocycles. The van der Waals surface area contributed by atoms with E-state index >= 15 is 0 Å². The molecule has 2 heterocycles. The van der Waals surface area contributed by atoms with Crippen molar-refractivity contribution >= 4 is 11.8 Å². The molecule has 0 spiro atoms. The highest BCUT2D eigenvalue weighted by molar-refractivity contribution is 5.88. The van der Waals surface area contributed by atoms with Gasteiger partial charge < -0.3 is 9.64 Å². The van der Waals surface area contributed by atoms with E-state index in [4.69, 9.17) is 4.74 Å². The summed E-state index contributed by atoms with van der Waals surface area (Å²) < 4.78 is 7.19. The summed E-state index contributed by atoms with van der Waals surface area (Å²) in [6.07, 6.45) is 3.73. The number of amides is 2. The Morgan fingerprint density at radius 2 is 1.96 bits per heavy atom. The normalized spacial score (nSPS) is 16.8. The van der Waals surface area contributed by atoms with Crippen LogP contribution in [-0.2, 0) is 4.74 Å². The Morgan fingerprint density at radius 3 is 2.62 bits per heavy atom. The molecule has 1 aromatic carbocycles. The smallest absolute Gasteiger partial charge is 0.323 e. The largest absolute Gasteiger partial charge is 0.381 e. The van der Waals surface area contributed by atoms with Gasteiger partial charge in [-0.15, -0.1) is 0 Å². The summed E-state index contributed by atoms with van der Waals surface area (Å²) in [5.41, 5.74) is 1.15. The monoisotopic (exact) mass is 328 g/mol. The second kappa shape index (κ2) is 7.49. The van der Waals surface area contributed by atoms with Crippen LogP contribution in [-0.4, -0.2) is 47.0 Å². The van der Waals surface area contributed by atoms with Crippen LogP contribution in [0.1, 0.15) is 31.4 Å². The van der Waals surface area contributed by atoms with Gasteiger partial charge in [0.05, 0.1) is 18.3 Å². The Kier molecular flexibility index (Phi) is 5.15. The molecule has 1 fully saturated rings. The van der Waals surface area contributed by atoms with E-state index in [0.717, 1.165) is 18.4 Å². The third-order valence-electron chi connectivity index (χ3n) is 4.62. The first-order chi connectivity index (χ1) is 11.7. The van der Waals surface area contributed by atoms with Crippen molar-refractivity contribution in [3.8, 4) is 0 Å². The maximum absolute atomic E-state index is 12.5. The van der Waals surface area contributed by atoms with Crippen molar-refractivity contribution in [2.24, 2.45) is 0 Å². The number of carbonyl (C=O) groups excluding carboxylic acids is 1. The molecule has 0 radical (unpaired) electrons. The molecule has 1 aliphatic rings. The van der Waals surface area contributed by atoms with Gasteiger partial charge in [-0.25, -0.2) is 9.48 Å². The van der Waals surface area contributed by atoms with Crippen LogP contribution in [0.15, 0.2) is 42.6 Å². The maximum Gasteiger partial charge on any atom is 0.323 e. The fourth-order valence-electron chi connectivity index (χ4n) is 3.08. The number of nitrogens with zero attached hydrogens (tertiary/aromatic N) is 3. The Hall–Kier alpha value is -2.34. The first kappa shape index (κ1) is 16.5. The minimum atomic E-state index is -0.0773. The molecule has 1 N–H and O–H groups in total. The molecule has 0 aliphatic carbocycles. The first-order valence-electron chi connectivity index (χ1n) is 8.36. The summed E-state index contributed by atoms with van der Waals surface area (Å²) in [5.74, 6) is 0.713. The zero-order valence-electron chi connectivity index (χ0n) is 14.2. The molecule has 6 nitrogen and oxygen atoms in total. The summed E-state index contributed by atoms with van der Waals surface area (Å²) in [6, 6.07) is 11.9. The average Bonchev–Trinajstić information content (AvgIpc) is 3.10. The third-order valence-corrected chi connectivity index (χ3v) is 4.62. The zero-order chi connectivity index (χ0) is 16.9. The van der Waals surface area contributed by atoms with Crippen LogP contribution >= 0.6 is 0 Å². The standard InChI is InChI=1S/C18H24N4O2/c1-14(15-6-4-3-5-7-15)22-17(8-11-19-22)20-18(23)21-12-9-16(24-2)10-13-21/h3-8,11,14,16H,9-10,12-13H2,1-2H3,(H,20,23)/t14-/m1/s1. The van der Waals surface area contributed by atoms with E-state index in [1.165, 1.54) is 0 Å². The summed E-state index contributed by atoms with van der Waals surface area (Å²) in [7, 11) is 1.73. The highest BCUT2D eigenvalue weighted by atomic mass is 16.5. The van der Waals surface area contributed by atoms with E-state index in [1.54, 1.807) is 13.3 Å². The Morgan fingerprint density at radius 1 is 1.25 bits per heavy atom. The number of hydrogen-bond donors (Lipinski definition) is 1. The van der Waals surface area contributed by atoms with Crippen LogP contribution < -0.4 is 5.32 Å². The fraction of sp³-hybridized carbons (Fsp3) is 0.444. The number of nitrogens with one attached hydrogen (secondary N) is 1. The summed E-state index contributed by atoms with van der Waals surface area (Å²) in [6.45, 7) is 3.50. The topological polar surface area (TPSA) is 59.4 Å². The van der Waals surface area contributed by atoms with Crippen molar-refractivity contribution in [3.63, 3.8) is 0 Å². The number of likely N-dealkylation sites (tertiary alicyclic amines) is 1. The van der Waals surface area contributed by atoms with Crippen molar-refractivity contribution in [1.29, 1.82) is 0 Å². The average molecular weight is 328 g/mol. The van der Waals surface area contributed by atoms with E-state index in [0.29, 0.717) is 18.9 Å². The molecule has 1 saturated heterocycles. The number of anilines is 1. The van der Waals surface area contributed by atoms with Gasteiger partial charge >= 0.3 is 6.03 Å². The van der Waals surface area contributed by atoms with Gasteiger partial charge in [0.25, 0.3) is 0 Å². The van der Waals surface area contributed by atoms with Crippen LogP contribution in [0.25, 0.3) is 0 Å². The molecule has 1 atom stereocenters. The Labute approximate surface area is 142 Å². The van der Waals surface area contributed by atoms with Crippen LogP contribution in [0, 0.1) is 0 Å². The minimum absolute atomic E-state index is 0.0516. The lowest BCUT2D eigenvalue weighted by molar-refractivity contribution is 0.0521. The van der Waals surface area contributed by atoms with Crippen LogP contribution in [0.4, 0.5) is 10.6 Å². The molecule has 0 saturated carbocycles. The van der Waals surface area contributed by atoms with E-state index in [1.807, 2.05) is 33.8 Å². The number of benzene rings is 1. The Bertz CT molecular complexity index is 663. The third kappa shape index (κ3) is 3.59. The summed E-state index contributed by atoms with van der Waals surface area (Å²) in [5, 5.41) is 7.37. The van der Waals surface area contributed by atoms with Crippen molar-refractivity contribution in [2.45, 2.75) is 31.9 Å². The molecule has 2 aromatic rings. The predicted molar refractivity (Wildman–Crippen MR) is 93.1 cm³/mol. The van der Waals surface area contributed by atoms with Gasteiger partial charge in [0, 0.05) is 26.3 Å². The lowest BCUT2D eigenvalue weighted by Crippen LogP contribution is -2.43. The molecule has 0 unspecified atom stereocenters. The first-order valence-corrected chi connectivity index (χ1v) is 8.36. The highest BCUT2D eigenvalue weighted by Gasteiger charge is 2.23. The molecular formula is C18H24N4O2. The van der Waals surface area contributed by atoms with Crippen LogP contribution in [0.3, 0.4) is 0 Å². The van der Waals surface area contributed by atoms with Crippen molar-refractivity contribution in [1.82, 2.24) is 14.7 Å². The maximum atomic E-state index is 12.5. The molecule has 6 heteroatoms. The molecule has 3 rings (SSSR count). The lowest BCUT2D eigenvalue weighted by Gasteiger charge is -2.31. The van der Waals surface area contributed by atoms with E-state index in [2.05, 4.69) is 29.5 Å². The molecule has 128 valence electrons.